The molecule has 3 heteroatoms. The van der Waals surface area contributed by atoms with Gasteiger partial charge in [-0.05, 0) is 18.8 Å². The fraction of sp³-hybridized carbons (Fsp3) is 0.444. The van der Waals surface area contributed by atoms with Gasteiger partial charge in [0.05, 0.1) is 0 Å². The molecule has 12 heavy (non-hydrogen) atoms. The van der Waals surface area contributed by atoms with Gasteiger partial charge in [-0.1, -0.05) is 12.2 Å². The number of nitrogens with one attached hydrogen (secondary N) is 2. The molecule has 0 spiro atoms. The number of carbonyl (C=O) groups is 1. The maximum atomic E-state index is 10.9. The quantitative estimate of drug-likeness (QED) is 0.609. The van der Waals surface area contributed by atoms with Crippen molar-refractivity contribution in [3.05, 3.63) is 24.9 Å². The van der Waals surface area contributed by atoms with Crippen LogP contribution in [0.1, 0.15) is 12.8 Å². The van der Waals surface area contributed by atoms with Gasteiger partial charge in [0.1, 0.15) is 0 Å². The summed E-state index contributed by atoms with van der Waals surface area (Å²) < 4.78 is 0. The molecule has 1 saturated carbocycles. The summed E-state index contributed by atoms with van der Waals surface area (Å²) in [5.74, 6) is 0.699. The van der Waals surface area contributed by atoms with Gasteiger partial charge in [-0.15, -0.1) is 6.58 Å². The average molecular weight is 166 g/mol. The Labute approximate surface area is 72.5 Å². The van der Waals surface area contributed by atoms with E-state index in [2.05, 4.69) is 17.2 Å². The molecule has 0 bridgehead atoms. The molecule has 0 saturated heterocycles. The highest BCUT2D eigenvalue weighted by Crippen LogP contribution is 2.29. The molecule has 1 aliphatic carbocycles. The van der Waals surface area contributed by atoms with Gasteiger partial charge in [0, 0.05) is 12.7 Å². The van der Waals surface area contributed by atoms with E-state index < -0.39 is 0 Å². The van der Waals surface area contributed by atoms with Crippen molar-refractivity contribution in [2.24, 2.45) is 5.92 Å². The zero-order valence-electron chi connectivity index (χ0n) is 7.05. The Morgan fingerprint density at radius 2 is 2.33 bits per heavy atom. The van der Waals surface area contributed by atoms with Crippen LogP contribution in [0.15, 0.2) is 24.9 Å². The van der Waals surface area contributed by atoms with E-state index in [1.807, 2.05) is 6.08 Å². The highest BCUT2D eigenvalue weighted by atomic mass is 16.2. The van der Waals surface area contributed by atoms with Crippen LogP contribution in [-0.2, 0) is 0 Å². The second kappa shape index (κ2) is 4.59. The first kappa shape index (κ1) is 8.84. The SMILES string of the molecule is C=CCNC(=O)N/C=C/C1CC1. The van der Waals surface area contributed by atoms with Crippen molar-refractivity contribution in [3.8, 4) is 0 Å². The maximum Gasteiger partial charge on any atom is 0.318 e. The highest BCUT2D eigenvalue weighted by Gasteiger charge is 2.16. The molecule has 0 aromatic carbocycles. The third kappa shape index (κ3) is 3.81. The summed E-state index contributed by atoms with van der Waals surface area (Å²) in [7, 11) is 0. The second-order valence-corrected chi connectivity index (χ2v) is 2.84. The van der Waals surface area contributed by atoms with Crippen molar-refractivity contribution >= 4 is 6.03 Å². The van der Waals surface area contributed by atoms with E-state index >= 15 is 0 Å². The summed E-state index contributed by atoms with van der Waals surface area (Å²) >= 11 is 0. The normalized spacial score (nSPS) is 16.0. The van der Waals surface area contributed by atoms with Crippen molar-refractivity contribution in [3.63, 3.8) is 0 Å². The number of urea groups is 1. The Morgan fingerprint density at radius 1 is 1.58 bits per heavy atom. The van der Waals surface area contributed by atoms with Gasteiger partial charge < -0.3 is 10.6 Å². The average Bonchev–Trinajstić information content (AvgIpc) is 2.84. The first-order valence-corrected chi connectivity index (χ1v) is 4.15. The van der Waals surface area contributed by atoms with E-state index in [1.165, 1.54) is 12.8 Å². The van der Waals surface area contributed by atoms with Gasteiger partial charge in [0.15, 0.2) is 0 Å². The summed E-state index contributed by atoms with van der Waals surface area (Å²) in [5, 5.41) is 5.22. The van der Waals surface area contributed by atoms with E-state index in [9.17, 15) is 4.79 Å². The molecule has 0 heterocycles. The van der Waals surface area contributed by atoms with Gasteiger partial charge >= 0.3 is 6.03 Å². The van der Waals surface area contributed by atoms with Crippen LogP contribution in [0.25, 0.3) is 0 Å². The topological polar surface area (TPSA) is 41.1 Å². The molecule has 1 fully saturated rings. The van der Waals surface area contributed by atoms with E-state index in [0.717, 1.165) is 0 Å². The van der Waals surface area contributed by atoms with Crippen LogP contribution >= 0.6 is 0 Å². The number of carbonyl (C=O) groups excluding carboxylic acids is 1. The molecular formula is C9H14N2O. The van der Waals surface area contributed by atoms with E-state index in [0.29, 0.717) is 12.5 Å². The van der Waals surface area contributed by atoms with E-state index in [4.69, 9.17) is 0 Å². The summed E-state index contributed by atoms with van der Waals surface area (Å²) in [6.45, 7) is 3.99. The third-order valence-electron chi connectivity index (χ3n) is 1.61. The first-order valence-electron chi connectivity index (χ1n) is 4.15. The van der Waals surface area contributed by atoms with Gasteiger partial charge in [-0.2, -0.15) is 0 Å². The van der Waals surface area contributed by atoms with Crippen LogP contribution in [-0.4, -0.2) is 12.6 Å². The summed E-state index contributed by atoms with van der Waals surface area (Å²) in [4.78, 5) is 10.9. The number of hydrogen-bond donors (Lipinski definition) is 2. The molecular weight excluding hydrogens is 152 g/mol. The van der Waals surface area contributed by atoms with Crippen LogP contribution in [0.5, 0.6) is 0 Å². The number of amides is 2. The lowest BCUT2D eigenvalue weighted by atomic mass is 10.4. The summed E-state index contributed by atoms with van der Waals surface area (Å²) in [6, 6.07) is -0.174. The van der Waals surface area contributed by atoms with Crippen LogP contribution in [0.2, 0.25) is 0 Å². The Hall–Kier alpha value is -1.25. The van der Waals surface area contributed by atoms with Gasteiger partial charge in [0.2, 0.25) is 0 Å². The number of allylic oxidation sites excluding steroid dienone is 1. The highest BCUT2D eigenvalue weighted by molar-refractivity contribution is 5.74. The van der Waals surface area contributed by atoms with Crippen LogP contribution in [0, 0.1) is 5.92 Å². The molecule has 0 unspecified atom stereocenters. The Morgan fingerprint density at radius 3 is 2.92 bits per heavy atom. The molecule has 2 N–H and O–H groups in total. The molecule has 1 rings (SSSR count). The van der Waals surface area contributed by atoms with Crippen molar-refractivity contribution in [1.29, 1.82) is 0 Å². The van der Waals surface area contributed by atoms with E-state index in [-0.39, 0.29) is 6.03 Å². The largest absolute Gasteiger partial charge is 0.334 e. The van der Waals surface area contributed by atoms with Gasteiger partial charge in [0.25, 0.3) is 0 Å². The van der Waals surface area contributed by atoms with Crippen molar-refractivity contribution in [2.45, 2.75) is 12.8 Å². The Kier molecular flexibility index (Phi) is 3.38. The van der Waals surface area contributed by atoms with Gasteiger partial charge in [-0.25, -0.2) is 4.79 Å². The van der Waals surface area contributed by atoms with Crippen LogP contribution < -0.4 is 10.6 Å². The maximum absolute atomic E-state index is 10.9. The summed E-state index contributed by atoms with van der Waals surface area (Å²) in [5.41, 5.74) is 0. The lowest BCUT2D eigenvalue weighted by Crippen LogP contribution is -2.31. The Balaban J connectivity index is 2.04. The van der Waals surface area contributed by atoms with Crippen molar-refractivity contribution < 1.29 is 4.79 Å². The zero-order chi connectivity index (χ0) is 8.81. The summed E-state index contributed by atoms with van der Waals surface area (Å²) in [6.07, 6.45) is 7.88. The first-order chi connectivity index (χ1) is 5.83. The zero-order valence-corrected chi connectivity index (χ0v) is 7.05. The third-order valence-corrected chi connectivity index (χ3v) is 1.61. The minimum absolute atomic E-state index is 0.174. The fourth-order valence-corrected chi connectivity index (χ4v) is 0.764. The lowest BCUT2D eigenvalue weighted by molar-refractivity contribution is 0.245. The monoisotopic (exact) mass is 166 g/mol. The fourth-order valence-electron chi connectivity index (χ4n) is 0.764. The van der Waals surface area contributed by atoms with Crippen molar-refractivity contribution in [2.75, 3.05) is 6.54 Å². The minimum Gasteiger partial charge on any atom is -0.334 e. The molecule has 1 aliphatic rings. The van der Waals surface area contributed by atoms with Crippen LogP contribution in [0.3, 0.4) is 0 Å². The smallest absolute Gasteiger partial charge is 0.318 e. The van der Waals surface area contributed by atoms with Crippen molar-refractivity contribution in [1.82, 2.24) is 10.6 Å². The van der Waals surface area contributed by atoms with Crippen LogP contribution in [0.4, 0.5) is 4.79 Å². The lowest BCUT2D eigenvalue weighted by Gasteiger charge is -1.99. The molecule has 0 aromatic rings. The second-order valence-electron chi connectivity index (χ2n) is 2.84. The molecule has 0 aromatic heterocycles. The Bertz CT molecular complexity index is 195. The predicted molar refractivity (Wildman–Crippen MR) is 48.6 cm³/mol. The standard InChI is InChI=1S/C9H14N2O/c1-2-6-10-9(12)11-7-5-8-3-4-8/h2,5,7-8H,1,3-4,6H2,(H2,10,11,12)/b7-5+. The number of rotatable bonds is 4. The predicted octanol–water partition coefficient (Wildman–Crippen LogP) is 1.40. The molecule has 0 aliphatic heterocycles. The minimum atomic E-state index is -0.174. The molecule has 0 radical (unpaired) electrons. The van der Waals surface area contributed by atoms with Gasteiger partial charge in [-0.3, -0.25) is 0 Å². The van der Waals surface area contributed by atoms with E-state index in [1.54, 1.807) is 12.3 Å². The number of hydrogen-bond acceptors (Lipinski definition) is 1. The molecule has 2 amide bonds. The molecule has 66 valence electrons. The molecule has 0 atom stereocenters. The molecule has 3 nitrogen and oxygen atoms in total.